The number of hydrogen-bond donors (Lipinski definition) is 2. The van der Waals surface area contributed by atoms with Gasteiger partial charge in [-0.05, 0) is 48.7 Å². The van der Waals surface area contributed by atoms with Gasteiger partial charge in [0.1, 0.15) is 17.6 Å². The van der Waals surface area contributed by atoms with E-state index in [1.807, 2.05) is 4.90 Å². The van der Waals surface area contributed by atoms with Gasteiger partial charge in [-0.1, -0.05) is 0 Å². The van der Waals surface area contributed by atoms with Crippen LogP contribution in [0.1, 0.15) is 24.3 Å². The van der Waals surface area contributed by atoms with Gasteiger partial charge in [-0.2, -0.15) is 0 Å². The summed E-state index contributed by atoms with van der Waals surface area (Å²) in [6, 6.07) is 8.67. The van der Waals surface area contributed by atoms with Crippen LogP contribution in [0.15, 0.2) is 41.4 Å². The van der Waals surface area contributed by atoms with Crippen molar-refractivity contribution in [2.75, 3.05) is 23.3 Å². The monoisotopic (exact) mass is 398 g/mol. The lowest BCUT2D eigenvalue weighted by Gasteiger charge is -2.32. The largest absolute Gasteiger partial charge is 0.369 e. The average Bonchev–Trinajstić information content (AvgIpc) is 3.01. The maximum absolute atomic E-state index is 14.6. The van der Waals surface area contributed by atoms with E-state index in [0.29, 0.717) is 48.6 Å². The van der Waals surface area contributed by atoms with Gasteiger partial charge in [-0.3, -0.25) is 14.6 Å². The zero-order valence-electron chi connectivity index (χ0n) is 15.6. The number of primary amides is 1. The molecule has 6 nitrogen and oxygen atoms in total. The molecule has 1 atom stereocenters. The first-order valence-corrected chi connectivity index (χ1v) is 9.40. The lowest BCUT2D eigenvalue weighted by Crippen LogP contribution is -2.38. The maximum Gasteiger partial charge on any atom is 0.237 e. The predicted octanol–water partition coefficient (Wildman–Crippen LogP) is 3.10. The van der Waals surface area contributed by atoms with Gasteiger partial charge >= 0.3 is 0 Å². The number of hydrogen-bond acceptors (Lipinski definition) is 4. The molecule has 0 aliphatic carbocycles. The molecule has 8 heteroatoms. The molecular formula is C21H20F2N4O2. The van der Waals surface area contributed by atoms with E-state index in [4.69, 9.17) is 5.73 Å². The van der Waals surface area contributed by atoms with Gasteiger partial charge in [0.15, 0.2) is 0 Å². The molecule has 4 rings (SSSR count). The molecule has 2 aliphatic rings. The molecule has 0 saturated carbocycles. The molecule has 2 amide bonds. The van der Waals surface area contributed by atoms with Crippen LogP contribution < -0.4 is 16.0 Å². The van der Waals surface area contributed by atoms with Crippen molar-refractivity contribution in [1.29, 1.82) is 0 Å². The number of nitrogens with zero attached hydrogens (tertiary/aromatic N) is 2. The quantitative estimate of drug-likeness (QED) is 0.776. The molecule has 0 radical (unpaired) electrons. The molecule has 1 saturated heterocycles. The molecule has 2 heterocycles. The Bertz CT molecular complexity index is 1000. The third kappa shape index (κ3) is 3.83. The van der Waals surface area contributed by atoms with E-state index in [9.17, 15) is 18.4 Å². The van der Waals surface area contributed by atoms with Crippen LogP contribution in [0.4, 0.5) is 25.8 Å². The van der Waals surface area contributed by atoms with Gasteiger partial charge in [-0.15, -0.1) is 0 Å². The van der Waals surface area contributed by atoms with Gasteiger partial charge in [0.25, 0.3) is 0 Å². The highest BCUT2D eigenvalue weighted by Gasteiger charge is 2.29. The van der Waals surface area contributed by atoms with E-state index in [0.717, 1.165) is 0 Å². The Morgan fingerprint density at radius 3 is 2.62 bits per heavy atom. The highest BCUT2D eigenvalue weighted by molar-refractivity contribution is 6.12. The first kappa shape index (κ1) is 19.0. The topological polar surface area (TPSA) is 87.8 Å². The summed E-state index contributed by atoms with van der Waals surface area (Å²) in [5, 5.41) is 2.68. The summed E-state index contributed by atoms with van der Waals surface area (Å²) in [6.07, 6.45) is 2.59. The van der Waals surface area contributed by atoms with Crippen molar-refractivity contribution in [2.24, 2.45) is 16.6 Å². The normalized spacial score (nSPS) is 19.4. The van der Waals surface area contributed by atoms with E-state index in [1.54, 1.807) is 12.1 Å². The number of anilines is 2. The first-order valence-electron chi connectivity index (χ1n) is 9.40. The van der Waals surface area contributed by atoms with E-state index < -0.39 is 17.6 Å². The SMILES string of the molecule is NC(=O)C1CCN(c2ccc(N=CC3C(=O)Nc4ccc(F)cc43)cc2F)CC1. The summed E-state index contributed by atoms with van der Waals surface area (Å²) in [7, 11) is 0. The predicted molar refractivity (Wildman–Crippen MR) is 106 cm³/mol. The van der Waals surface area contributed by atoms with Gasteiger partial charge in [0.05, 0.1) is 11.4 Å². The molecule has 3 N–H and O–H groups in total. The summed E-state index contributed by atoms with van der Waals surface area (Å²) in [5.74, 6) is -2.37. The summed E-state index contributed by atoms with van der Waals surface area (Å²) in [5.41, 5.74) is 7.19. The summed E-state index contributed by atoms with van der Waals surface area (Å²) >= 11 is 0. The summed E-state index contributed by atoms with van der Waals surface area (Å²) in [4.78, 5) is 29.5. The number of carbonyl (C=O) groups is 2. The van der Waals surface area contributed by atoms with Crippen LogP contribution in [0, 0.1) is 17.6 Å². The third-order valence-electron chi connectivity index (χ3n) is 5.43. The van der Waals surface area contributed by atoms with Crippen molar-refractivity contribution in [3.05, 3.63) is 53.6 Å². The molecule has 150 valence electrons. The lowest BCUT2D eigenvalue weighted by molar-refractivity contribution is -0.122. The van der Waals surface area contributed by atoms with Gasteiger partial charge in [-0.25, -0.2) is 8.78 Å². The fraction of sp³-hybridized carbons (Fsp3) is 0.286. The number of nitrogens with two attached hydrogens (primary N) is 1. The van der Waals surface area contributed by atoms with Crippen molar-refractivity contribution in [3.8, 4) is 0 Å². The van der Waals surface area contributed by atoms with Crippen molar-refractivity contribution >= 4 is 35.1 Å². The fourth-order valence-electron chi connectivity index (χ4n) is 3.80. The molecule has 1 fully saturated rings. The Labute approximate surface area is 166 Å². The minimum Gasteiger partial charge on any atom is -0.369 e. The highest BCUT2D eigenvalue weighted by atomic mass is 19.1. The molecule has 2 aliphatic heterocycles. The van der Waals surface area contributed by atoms with Crippen LogP contribution in [0.5, 0.6) is 0 Å². The van der Waals surface area contributed by atoms with Crippen LogP contribution in [-0.2, 0) is 9.59 Å². The Morgan fingerprint density at radius 1 is 1.17 bits per heavy atom. The molecule has 0 spiro atoms. The minimum atomic E-state index is -0.726. The standard InChI is InChI=1S/C21H20F2N4O2/c22-13-1-3-18-15(9-13)16(21(29)26-18)11-25-14-2-4-19(17(23)10-14)27-7-5-12(6-8-27)20(24)28/h1-4,9-12,16H,5-8H2,(H2,24,28)(H,26,29). The maximum atomic E-state index is 14.6. The lowest BCUT2D eigenvalue weighted by atomic mass is 9.96. The van der Waals surface area contributed by atoms with Gasteiger partial charge in [0.2, 0.25) is 11.8 Å². The first-order chi connectivity index (χ1) is 13.9. The highest BCUT2D eigenvalue weighted by Crippen LogP contribution is 2.33. The number of fused-ring (bicyclic) bond motifs is 1. The average molecular weight is 398 g/mol. The van der Waals surface area contributed by atoms with Crippen LogP contribution >= 0.6 is 0 Å². The van der Waals surface area contributed by atoms with Crippen LogP contribution in [0.2, 0.25) is 0 Å². The molecule has 2 aromatic rings. The molecule has 1 unspecified atom stereocenters. The fourth-order valence-corrected chi connectivity index (χ4v) is 3.80. The molecule has 0 bridgehead atoms. The van der Waals surface area contributed by atoms with Gasteiger partial charge in [0, 0.05) is 37.0 Å². The molecule has 29 heavy (non-hydrogen) atoms. The second kappa shape index (κ2) is 7.62. The zero-order valence-corrected chi connectivity index (χ0v) is 15.6. The molecule has 0 aromatic heterocycles. The van der Waals surface area contributed by atoms with Crippen molar-refractivity contribution in [2.45, 2.75) is 18.8 Å². The minimum absolute atomic E-state index is 0.163. The third-order valence-corrected chi connectivity index (χ3v) is 5.43. The molecular weight excluding hydrogens is 378 g/mol. The Morgan fingerprint density at radius 2 is 1.93 bits per heavy atom. The van der Waals surface area contributed by atoms with Gasteiger partial charge < -0.3 is 16.0 Å². The Kier molecular flexibility index (Phi) is 5.00. The van der Waals surface area contributed by atoms with E-state index in [-0.39, 0.29) is 17.7 Å². The van der Waals surface area contributed by atoms with E-state index in [2.05, 4.69) is 10.3 Å². The van der Waals surface area contributed by atoms with Crippen molar-refractivity contribution in [3.63, 3.8) is 0 Å². The number of benzene rings is 2. The number of carbonyl (C=O) groups excluding carboxylic acids is 2. The van der Waals surface area contributed by atoms with Crippen LogP contribution in [0.3, 0.4) is 0 Å². The number of halogens is 2. The summed E-state index contributed by atoms with van der Waals surface area (Å²) < 4.78 is 28.1. The smallest absolute Gasteiger partial charge is 0.237 e. The number of aliphatic imine (C=N–C) groups is 1. The van der Waals surface area contributed by atoms with Crippen molar-refractivity contribution < 1.29 is 18.4 Å². The van der Waals surface area contributed by atoms with Crippen LogP contribution in [0.25, 0.3) is 0 Å². The second-order valence-corrected chi connectivity index (χ2v) is 7.28. The number of rotatable bonds is 4. The zero-order chi connectivity index (χ0) is 20.5. The number of piperidine rings is 1. The number of amides is 2. The van der Waals surface area contributed by atoms with Crippen LogP contribution in [-0.4, -0.2) is 31.1 Å². The van der Waals surface area contributed by atoms with Crippen molar-refractivity contribution in [1.82, 2.24) is 0 Å². The molecule has 2 aromatic carbocycles. The second-order valence-electron chi connectivity index (χ2n) is 7.28. The summed E-state index contributed by atoms with van der Waals surface area (Å²) in [6.45, 7) is 1.11. The number of nitrogens with one attached hydrogen (secondary N) is 1. The van der Waals surface area contributed by atoms with E-state index in [1.165, 1.54) is 30.5 Å². The van der Waals surface area contributed by atoms with E-state index >= 15 is 0 Å². The Hall–Kier alpha value is -3.29. The Balaban J connectivity index is 1.49.